The Kier molecular flexibility index (Phi) is 3.96. The number of nitrogen functional groups attached to an aromatic ring is 1. The molecule has 0 spiro atoms. The van der Waals surface area contributed by atoms with Crippen LogP contribution in [-0.2, 0) is 0 Å². The normalized spacial score (nSPS) is 17.4. The van der Waals surface area contributed by atoms with Gasteiger partial charge in [-0.05, 0) is 37.8 Å². The van der Waals surface area contributed by atoms with Crippen LogP contribution in [0, 0.1) is 5.41 Å². The average molecular weight is 233 g/mol. The highest BCUT2D eigenvalue weighted by atomic mass is 16.5. The first kappa shape index (κ1) is 11.9. The molecular weight excluding hydrogens is 214 g/mol. The monoisotopic (exact) mass is 233 g/mol. The number of nitrogens with two attached hydrogens (primary N) is 1. The lowest BCUT2D eigenvalue weighted by atomic mass is 10.1. The van der Waals surface area contributed by atoms with Gasteiger partial charge in [0.05, 0.1) is 12.3 Å². The number of pyridine rings is 1. The molecule has 1 aromatic rings. The number of aromatic nitrogens is 1. The predicted molar refractivity (Wildman–Crippen MR) is 67.4 cm³/mol. The largest absolute Gasteiger partial charge is 0.489 e. The van der Waals surface area contributed by atoms with Crippen molar-refractivity contribution in [2.45, 2.75) is 44.6 Å². The highest BCUT2D eigenvalue weighted by molar-refractivity contribution is 5.92. The summed E-state index contributed by atoms with van der Waals surface area (Å²) in [5.41, 5.74) is 5.85. The van der Waals surface area contributed by atoms with Crippen molar-refractivity contribution < 1.29 is 4.74 Å². The molecule has 0 amide bonds. The van der Waals surface area contributed by atoms with Gasteiger partial charge in [0, 0.05) is 0 Å². The Bertz CT molecular complexity index is 367. The second kappa shape index (κ2) is 5.66. The zero-order valence-electron chi connectivity index (χ0n) is 9.98. The number of hydrogen-bond acceptors (Lipinski definition) is 3. The van der Waals surface area contributed by atoms with E-state index < -0.39 is 0 Å². The van der Waals surface area contributed by atoms with E-state index in [4.69, 9.17) is 15.9 Å². The number of rotatable bonds is 3. The van der Waals surface area contributed by atoms with Crippen molar-refractivity contribution in [3.05, 3.63) is 24.0 Å². The highest BCUT2D eigenvalue weighted by Crippen LogP contribution is 2.22. The molecule has 0 unspecified atom stereocenters. The van der Waals surface area contributed by atoms with Crippen molar-refractivity contribution in [1.29, 1.82) is 5.41 Å². The van der Waals surface area contributed by atoms with E-state index in [-0.39, 0.29) is 5.84 Å². The van der Waals surface area contributed by atoms with Gasteiger partial charge in [0.2, 0.25) is 0 Å². The Labute approximate surface area is 102 Å². The number of ether oxygens (including phenoxy) is 1. The summed E-state index contributed by atoms with van der Waals surface area (Å²) >= 11 is 0. The van der Waals surface area contributed by atoms with Crippen molar-refractivity contribution in [3.63, 3.8) is 0 Å². The summed E-state index contributed by atoms with van der Waals surface area (Å²) in [6.45, 7) is 0. The van der Waals surface area contributed by atoms with Gasteiger partial charge in [0.25, 0.3) is 0 Å². The lowest BCUT2D eigenvalue weighted by molar-refractivity contribution is 0.183. The zero-order valence-corrected chi connectivity index (χ0v) is 9.98. The quantitative estimate of drug-likeness (QED) is 0.478. The second-order valence-corrected chi connectivity index (χ2v) is 4.52. The van der Waals surface area contributed by atoms with E-state index in [0.29, 0.717) is 11.8 Å². The molecule has 17 heavy (non-hydrogen) atoms. The van der Waals surface area contributed by atoms with Crippen LogP contribution in [0.25, 0.3) is 0 Å². The summed E-state index contributed by atoms with van der Waals surface area (Å²) in [7, 11) is 0. The minimum atomic E-state index is -0.00832. The van der Waals surface area contributed by atoms with Crippen molar-refractivity contribution in [2.75, 3.05) is 0 Å². The highest BCUT2D eigenvalue weighted by Gasteiger charge is 2.13. The first-order chi connectivity index (χ1) is 8.25. The summed E-state index contributed by atoms with van der Waals surface area (Å²) in [5, 5.41) is 7.26. The molecule has 0 radical (unpaired) electrons. The zero-order chi connectivity index (χ0) is 12.1. The van der Waals surface area contributed by atoms with Crippen molar-refractivity contribution in [1.82, 2.24) is 4.98 Å². The maximum atomic E-state index is 7.26. The van der Waals surface area contributed by atoms with Crippen LogP contribution in [0.3, 0.4) is 0 Å². The Hall–Kier alpha value is -1.58. The van der Waals surface area contributed by atoms with Crippen LogP contribution in [0.2, 0.25) is 0 Å². The first-order valence-electron chi connectivity index (χ1n) is 6.23. The molecule has 0 saturated heterocycles. The smallest absolute Gasteiger partial charge is 0.141 e. The molecule has 4 nitrogen and oxygen atoms in total. The molecule has 1 aliphatic rings. The van der Waals surface area contributed by atoms with Gasteiger partial charge >= 0.3 is 0 Å². The third-order valence-electron chi connectivity index (χ3n) is 3.12. The lowest BCUT2D eigenvalue weighted by Gasteiger charge is -2.16. The number of hydrogen-bond donors (Lipinski definition) is 2. The third-order valence-corrected chi connectivity index (χ3v) is 3.12. The molecule has 1 fully saturated rings. The van der Waals surface area contributed by atoms with Crippen LogP contribution in [0.5, 0.6) is 5.75 Å². The minimum absolute atomic E-state index is 0.00832. The van der Waals surface area contributed by atoms with Crippen LogP contribution >= 0.6 is 0 Å². The van der Waals surface area contributed by atoms with Crippen LogP contribution in [-0.4, -0.2) is 16.9 Å². The first-order valence-corrected chi connectivity index (χ1v) is 6.23. The van der Waals surface area contributed by atoms with Gasteiger partial charge in [-0.1, -0.05) is 12.8 Å². The van der Waals surface area contributed by atoms with E-state index in [9.17, 15) is 0 Å². The Morgan fingerprint density at radius 3 is 2.47 bits per heavy atom. The summed E-state index contributed by atoms with van der Waals surface area (Å²) in [4.78, 5) is 4.09. The topological polar surface area (TPSA) is 72.0 Å². The minimum Gasteiger partial charge on any atom is -0.489 e. The van der Waals surface area contributed by atoms with Crippen molar-refractivity contribution >= 4 is 5.84 Å². The van der Waals surface area contributed by atoms with Gasteiger partial charge < -0.3 is 10.5 Å². The average Bonchev–Trinajstić information content (AvgIpc) is 2.58. The molecule has 0 aliphatic heterocycles. The van der Waals surface area contributed by atoms with Crippen LogP contribution in [0.4, 0.5) is 0 Å². The van der Waals surface area contributed by atoms with Gasteiger partial charge in [0.15, 0.2) is 0 Å². The molecule has 2 rings (SSSR count). The summed E-state index contributed by atoms with van der Waals surface area (Å²) in [5.74, 6) is 0.771. The molecule has 1 aromatic heterocycles. The fourth-order valence-corrected chi connectivity index (χ4v) is 2.16. The molecule has 3 N–H and O–H groups in total. The summed E-state index contributed by atoms with van der Waals surface area (Å²) in [6, 6.07) is 3.57. The molecule has 1 saturated carbocycles. The fourth-order valence-electron chi connectivity index (χ4n) is 2.16. The van der Waals surface area contributed by atoms with E-state index in [2.05, 4.69) is 4.98 Å². The molecule has 0 atom stereocenters. The number of nitrogens with one attached hydrogen (secondary N) is 1. The SMILES string of the molecule is N=C(N)c1ccc(OC2CCCCCC2)cn1. The standard InChI is InChI=1S/C13H19N3O/c14-13(15)12-8-7-11(9-16-12)17-10-5-3-1-2-4-6-10/h7-10H,1-6H2,(H3,14,15). The lowest BCUT2D eigenvalue weighted by Crippen LogP contribution is -2.16. The Balaban J connectivity index is 1.95. The molecule has 92 valence electrons. The third kappa shape index (κ3) is 3.44. The van der Waals surface area contributed by atoms with Gasteiger partial charge in [-0.3, -0.25) is 5.41 Å². The van der Waals surface area contributed by atoms with Gasteiger partial charge in [-0.25, -0.2) is 4.98 Å². The second-order valence-electron chi connectivity index (χ2n) is 4.52. The Morgan fingerprint density at radius 2 is 1.94 bits per heavy atom. The van der Waals surface area contributed by atoms with E-state index >= 15 is 0 Å². The molecule has 0 bridgehead atoms. The van der Waals surface area contributed by atoms with Gasteiger partial charge in [0.1, 0.15) is 17.3 Å². The molecule has 0 aromatic carbocycles. The molecule has 1 heterocycles. The maximum absolute atomic E-state index is 7.26. The van der Waals surface area contributed by atoms with E-state index in [0.717, 1.165) is 18.6 Å². The van der Waals surface area contributed by atoms with Crippen LogP contribution in [0.1, 0.15) is 44.2 Å². The molecule has 4 heteroatoms. The molecule has 1 aliphatic carbocycles. The number of amidine groups is 1. The Morgan fingerprint density at radius 1 is 1.24 bits per heavy atom. The number of nitrogens with zero attached hydrogens (tertiary/aromatic N) is 1. The maximum Gasteiger partial charge on any atom is 0.141 e. The summed E-state index contributed by atoms with van der Waals surface area (Å²) < 4.78 is 5.90. The van der Waals surface area contributed by atoms with Gasteiger partial charge in [-0.15, -0.1) is 0 Å². The molecular formula is C13H19N3O. The summed E-state index contributed by atoms with van der Waals surface area (Å²) in [6.07, 6.45) is 9.39. The van der Waals surface area contributed by atoms with E-state index in [1.54, 1.807) is 12.3 Å². The van der Waals surface area contributed by atoms with E-state index in [1.165, 1.54) is 25.7 Å². The van der Waals surface area contributed by atoms with Crippen molar-refractivity contribution in [3.8, 4) is 5.75 Å². The fraction of sp³-hybridized carbons (Fsp3) is 0.538. The van der Waals surface area contributed by atoms with Crippen LogP contribution < -0.4 is 10.5 Å². The van der Waals surface area contributed by atoms with Crippen molar-refractivity contribution in [2.24, 2.45) is 5.73 Å². The van der Waals surface area contributed by atoms with Gasteiger partial charge in [-0.2, -0.15) is 0 Å². The van der Waals surface area contributed by atoms with Crippen LogP contribution in [0.15, 0.2) is 18.3 Å². The predicted octanol–water partition coefficient (Wildman–Crippen LogP) is 2.47. The van der Waals surface area contributed by atoms with E-state index in [1.807, 2.05) is 6.07 Å².